The maximum absolute atomic E-state index is 11.7. The Balaban J connectivity index is 2.52. The summed E-state index contributed by atoms with van der Waals surface area (Å²) in [6.45, 7) is 5.13. The first-order valence-corrected chi connectivity index (χ1v) is 7.02. The summed E-state index contributed by atoms with van der Waals surface area (Å²) in [6, 6.07) is 3.68. The third kappa shape index (κ3) is 3.43. The largest absolute Gasteiger partial charge is 0.399 e. The molecule has 1 aromatic carbocycles. The summed E-state index contributed by atoms with van der Waals surface area (Å²) >= 11 is 5.88. The van der Waals surface area contributed by atoms with E-state index in [-0.39, 0.29) is 16.7 Å². The molecule has 0 saturated heterocycles. The van der Waals surface area contributed by atoms with Gasteiger partial charge in [-0.3, -0.25) is 9.59 Å². The normalized spacial score (nSPS) is 16.4. The van der Waals surface area contributed by atoms with Gasteiger partial charge >= 0.3 is 0 Å². The number of halogens is 1. The number of nitrogen functional groups attached to an aromatic ring is 1. The Morgan fingerprint density at radius 2 is 1.91 bits per heavy atom. The van der Waals surface area contributed by atoms with Gasteiger partial charge in [0.25, 0.3) is 0 Å². The van der Waals surface area contributed by atoms with Gasteiger partial charge in [0, 0.05) is 18.7 Å². The average molecular weight is 318 g/mol. The number of nitrogens with zero attached hydrogens (tertiary/aromatic N) is 1. The second-order valence-corrected chi connectivity index (χ2v) is 5.50. The van der Waals surface area contributed by atoms with Crippen LogP contribution in [0.15, 0.2) is 40.0 Å². The molecular formula is C16H16ClN3O2. The number of carbonyl (C=O) groups is 2. The van der Waals surface area contributed by atoms with Crippen molar-refractivity contribution in [3.63, 3.8) is 0 Å². The van der Waals surface area contributed by atoms with Crippen LogP contribution in [0.4, 0.5) is 11.4 Å². The van der Waals surface area contributed by atoms with E-state index < -0.39 is 0 Å². The fraction of sp³-hybridized carbons (Fsp3) is 0.188. The molecule has 2 rings (SSSR count). The summed E-state index contributed by atoms with van der Waals surface area (Å²) in [5.74, 6) is -0.655. The number of nitrogens with one attached hydrogen (secondary N) is 1. The molecule has 5 nitrogen and oxygen atoms in total. The summed E-state index contributed by atoms with van der Waals surface area (Å²) in [6.07, 6.45) is 2.71. The number of carbonyl (C=O) groups excluding carboxylic acids is 2. The molecule has 0 unspecified atom stereocenters. The summed E-state index contributed by atoms with van der Waals surface area (Å²) in [4.78, 5) is 27.4. The zero-order valence-corrected chi connectivity index (χ0v) is 13.3. The van der Waals surface area contributed by atoms with Gasteiger partial charge in [-0.05, 0) is 43.2 Å². The molecule has 0 fully saturated rings. The van der Waals surface area contributed by atoms with Gasteiger partial charge in [-0.25, -0.2) is 4.99 Å². The highest BCUT2D eigenvalue weighted by Gasteiger charge is 2.18. The van der Waals surface area contributed by atoms with E-state index in [1.165, 1.54) is 19.1 Å². The Kier molecular flexibility index (Phi) is 4.47. The second kappa shape index (κ2) is 6.15. The molecule has 1 aliphatic carbocycles. The van der Waals surface area contributed by atoms with Gasteiger partial charge in [0.2, 0.25) is 5.91 Å². The third-order valence-electron chi connectivity index (χ3n) is 3.19. The van der Waals surface area contributed by atoms with E-state index >= 15 is 0 Å². The molecule has 1 aliphatic rings. The molecule has 0 radical (unpaired) electrons. The number of rotatable bonds is 2. The number of aryl methyl sites for hydroxylation is 2. The lowest BCUT2D eigenvalue weighted by molar-refractivity contribution is -0.118. The Bertz CT molecular complexity index is 761. The molecule has 0 saturated carbocycles. The van der Waals surface area contributed by atoms with Crippen molar-refractivity contribution in [3.05, 3.63) is 46.1 Å². The van der Waals surface area contributed by atoms with Crippen molar-refractivity contribution in [2.24, 2.45) is 4.99 Å². The number of aliphatic imine (C=N–C) groups is 1. The second-order valence-electron chi connectivity index (χ2n) is 5.09. The Labute approximate surface area is 133 Å². The first-order valence-electron chi connectivity index (χ1n) is 6.64. The Morgan fingerprint density at radius 1 is 1.23 bits per heavy atom. The number of hydrogen-bond acceptors (Lipinski definition) is 4. The molecule has 0 aromatic heterocycles. The standard InChI is InChI=1S/C16H16ClN3O2/c1-8-5-13(9(2)4-12(8)18)20-14-6-11(17)16(22)7-15(14)19-10(3)21/h4-7H,18H2,1-3H3,(H,19,21). The van der Waals surface area contributed by atoms with Crippen molar-refractivity contribution in [2.45, 2.75) is 20.8 Å². The zero-order valence-electron chi connectivity index (χ0n) is 12.5. The van der Waals surface area contributed by atoms with Gasteiger partial charge in [0.15, 0.2) is 5.78 Å². The minimum absolute atomic E-state index is 0.0534. The summed E-state index contributed by atoms with van der Waals surface area (Å²) in [5.41, 5.74) is 9.79. The lowest BCUT2D eigenvalue weighted by Crippen LogP contribution is -2.27. The predicted molar refractivity (Wildman–Crippen MR) is 88.3 cm³/mol. The van der Waals surface area contributed by atoms with Gasteiger partial charge in [0.05, 0.1) is 22.1 Å². The maximum atomic E-state index is 11.7. The lowest BCUT2D eigenvalue weighted by atomic mass is 10.1. The van der Waals surface area contributed by atoms with Crippen molar-refractivity contribution in [1.29, 1.82) is 0 Å². The molecule has 0 bridgehead atoms. The van der Waals surface area contributed by atoms with E-state index in [0.29, 0.717) is 22.8 Å². The molecule has 22 heavy (non-hydrogen) atoms. The van der Waals surface area contributed by atoms with E-state index in [2.05, 4.69) is 10.3 Å². The van der Waals surface area contributed by atoms with Crippen molar-refractivity contribution < 1.29 is 9.59 Å². The molecule has 1 aromatic rings. The van der Waals surface area contributed by atoms with E-state index in [4.69, 9.17) is 17.3 Å². The molecule has 0 atom stereocenters. The minimum atomic E-state index is -0.366. The number of ketones is 1. The molecule has 1 amide bonds. The molecule has 3 N–H and O–H groups in total. The third-order valence-corrected chi connectivity index (χ3v) is 3.48. The molecule has 6 heteroatoms. The van der Waals surface area contributed by atoms with Crippen LogP contribution in [0.3, 0.4) is 0 Å². The van der Waals surface area contributed by atoms with Crippen molar-refractivity contribution in [2.75, 3.05) is 5.73 Å². The number of amides is 1. The fourth-order valence-corrected chi connectivity index (χ4v) is 2.16. The summed E-state index contributed by atoms with van der Waals surface area (Å²) in [7, 11) is 0. The van der Waals surface area contributed by atoms with E-state index in [9.17, 15) is 9.59 Å². The van der Waals surface area contributed by atoms with Crippen LogP contribution in [0.5, 0.6) is 0 Å². The highest BCUT2D eigenvalue weighted by atomic mass is 35.5. The SMILES string of the molecule is CC(=O)NC1=CC(=O)C(Cl)=CC1=Nc1cc(C)c(N)cc1C. The van der Waals surface area contributed by atoms with Crippen LogP contribution < -0.4 is 11.1 Å². The van der Waals surface area contributed by atoms with Crippen LogP contribution >= 0.6 is 11.6 Å². The zero-order chi connectivity index (χ0) is 16.4. The number of benzene rings is 1. The van der Waals surface area contributed by atoms with Crippen molar-refractivity contribution >= 4 is 40.4 Å². The van der Waals surface area contributed by atoms with Crippen LogP contribution in [0, 0.1) is 13.8 Å². The Hall–Kier alpha value is -2.40. The van der Waals surface area contributed by atoms with Crippen molar-refractivity contribution in [3.8, 4) is 0 Å². The van der Waals surface area contributed by atoms with E-state index in [1.807, 2.05) is 26.0 Å². The van der Waals surface area contributed by atoms with Crippen LogP contribution in [0.2, 0.25) is 0 Å². The smallest absolute Gasteiger partial charge is 0.221 e. The predicted octanol–water partition coefficient (Wildman–Crippen LogP) is 2.68. The van der Waals surface area contributed by atoms with Gasteiger partial charge in [-0.1, -0.05) is 11.6 Å². The van der Waals surface area contributed by atoms with Gasteiger partial charge in [-0.2, -0.15) is 0 Å². The van der Waals surface area contributed by atoms with Crippen LogP contribution in [-0.4, -0.2) is 17.4 Å². The lowest BCUT2D eigenvalue weighted by Gasteiger charge is -2.14. The van der Waals surface area contributed by atoms with E-state index in [0.717, 1.165) is 11.1 Å². The van der Waals surface area contributed by atoms with Crippen LogP contribution in [0.25, 0.3) is 0 Å². The summed E-state index contributed by atoms with van der Waals surface area (Å²) < 4.78 is 0. The molecule has 0 heterocycles. The van der Waals surface area contributed by atoms with Gasteiger partial charge < -0.3 is 11.1 Å². The number of allylic oxidation sites excluding steroid dienone is 3. The van der Waals surface area contributed by atoms with Crippen molar-refractivity contribution in [1.82, 2.24) is 5.32 Å². The number of hydrogen-bond donors (Lipinski definition) is 2. The molecule has 0 spiro atoms. The monoisotopic (exact) mass is 317 g/mol. The molecular weight excluding hydrogens is 302 g/mol. The van der Waals surface area contributed by atoms with Crippen LogP contribution in [0.1, 0.15) is 18.1 Å². The minimum Gasteiger partial charge on any atom is -0.399 e. The molecule has 0 aliphatic heterocycles. The van der Waals surface area contributed by atoms with E-state index in [1.54, 1.807) is 0 Å². The Morgan fingerprint density at radius 3 is 2.55 bits per heavy atom. The summed E-state index contributed by atoms with van der Waals surface area (Å²) in [5, 5.41) is 2.64. The van der Waals surface area contributed by atoms with Gasteiger partial charge in [-0.15, -0.1) is 0 Å². The highest BCUT2D eigenvalue weighted by Crippen LogP contribution is 2.26. The highest BCUT2D eigenvalue weighted by molar-refractivity contribution is 6.47. The van der Waals surface area contributed by atoms with Gasteiger partial charge in [0.1, 0.15) is 0 Å². The number of anilines is 1. The first kappa shape index (κ1) is 16.0. The topological polar surface area (TPSA) is 84.5 Å². The fourth-order valence-electron chi connectivity index (χ4n) is 2.00. The first-order chi connectivity index (χ1) is 10.3. The maximum Gasteiger partial charge on any atom is 0.221 e. The number of nitrogens with two attached hydrogens (primary N) is 1. The molecule has 114 valence electrons. The quantitative estimate of drug-likeness (QED) is 0.649. The van der Waals surface area contributed by atoms with Crippen LogP contribution in [-0.2, 0) is 9.59 Å². The average Bonchev–Trinajstić information content (AvgIpc) is 2.41.